The van der Waals surface area contributed by atoms with Gasteiger partial charge in [0.1, 0.15) is 11.5 Å². The molecule has 0 fully saturated rings. The smallest absolute Gasteiger partial charge is 0.265 e. The quantitative estimate of drug-likeness (QED) is 0.491. The van der Waals surface area contributed by atoms with Gasteiger partial charge < -0.3 is 19.7 Å². The highest BCUT2D eigenvalue weighted by molar-refractivity contribution is 6.35. The van der Waals surface area contributed by atoms with Gasteiger partial charge in [0.25, 0.3) is 11.8 Å². The van der Waals surface area contributed by atoms with Gasteiger partial charge in [-0.2, -0.15) is 0 Å². The molecule has 0 bridgehead atoms. The lowest BCUT2D eigenvalue weighted by Crippen LogP contribution is -2.38. The van der Waals surface area contributed by atoms with Crippen LogP contribution in [0.15, 0.2) is 60.7 Å². The molecule has 4 rings (SSSR count). The number of fused-ring (bicyclic) bond motifs is 1. The normalized spacial score (nSPS) is 13.7. The highest BCUT2D eigenvalue weighted by Crippen LogP contribution is 2.36. The molecular weight excluding hydrogens is 463 g/mol. The Bertz CT molecular complexity index is 1210. The first kappa shape index (κ1) is 23.0. The topological polar surface area (TPSA) is 67.9 Å². The first-order chi connectivity index (χ1) is 15.8. The second kappa shape index (κ2) is 9.73. The highest BCUT2D eigenvalue weighted by Gasteiger charge is 2.27. The minimum Gasteiger partial charge on any atom is -0.482 e. The van der Waals surface area contributed by atoms with Gasteiger partial charge in [-0.15, -0.1) is 0 Å². The number of carbonyl (C=O) groups excluding carboxylic acids is 2. The predicted molar refractivity (Wildman–Crippen MR) is 129 cm³/mol. The summed E-state index contributed by atoms with van der Waals surface area (Å²) in [5, 5.41) is 3.62. The molecule has 0 radical (unpaired) electrons. The number of hydrogen-bond donors (Lipinski definition) is 1. The Labute approximate surface area is 202 Å². The molecule has 8 heteroatoms. The second-order valence-corrected chi connectivity index (χ2v) is 8.55. The number of amides is 2. The van der Waals surface area contributed by atoms with Crippen LogP contribution in [0.3, 0.4) is 0 Å². The van der Waals surface area contributed by atoms with E-state index in [0.717, 1.165) is 11.1 Å². The minimum absolute atomic E-state index is 0.0304. The van der Waals surface area contributed by atoms with Crippen LogP contribution in [0.25, 0.3) is 0 Å². The van der Waals surface area contributed by atoms with E-state index in [2.05, 4.69) is 5.32 Å². The molecule has 1 N–H and O–H groups in total. The molecular formula is C25H22Cl2N2O4. The van der Waals surface area contributed by atoms with Gasteiger partial charge in [0, 0.05) is 10.7 Å². The van der Waals surface area contributed by atoms with Crippen molar-refractivity contribution in [2.75, 3.05) is 16.8 Å². The van der Waals surface area contributed by atoms with Gasteiger partial charge in [0.15, 0.2) is 12.7 Å². The highest BCUT2D eigenvalue weighted by atomic mass is 35.5. The van der Waals surface area contributed by atoms with Crippen LogP contribution in [0.1, 0.15) is 18.1 Å². The molecule has 1 aliphatic rings. The Balaban J connectivity index is 1.51. The van der Waals surface area contributed by atoms with Crippen LogP contribution < -0.4 is 19.7 Å². The Morgan fingerprint density at radius 2 is 1.94 bits per heavy atom. The number of halogens is 2. The molecule has 1 unspecified atom stereocenters. The van der Waals surface area contributed by atoms with E-state index in [4.69, 9.17) is 32.7 Å². The summed E-state index contributed by atoms with van der Waals surface area (Å²) in [5.41, 5.74) is 3.25. The van der Waals surface area contributed by atoms with Gasteiger partial charge in [0.2, 0.25) is 0 Å². The Hall–Kier alpha value is -3.22. The van der Waals surface area contributed by atoms with Crippen LogP contribution in [0.4, 0.5) is 11.4 Å². The van der Waals surface area contributed by atoms with Crippen molar-refractivity contribution in [3.63, 3.8) is 0 Å². The van der Waals surface area contributed by atoms with Gasteiger partial charge in [0.05, 0.1) is 17.3 Å². The molecule has 0 spiro atoms. The van der Waals surface area contributed by atoms with Crippen molar-refractivity contribution in [1.29, 1.82) is 0 Å². The van der Waals surface area contributed by atoms with Crippen LogP contribution in [-0.4, -0.2) is 24.5 Å². The average molecular weight is 485 g/mol. The van der Waals surface area contributed by atoms with Gasteiger partial charge in [-0.1, -0.05) is 47.5 Å². The minimum atomic E-state index is -0.819. The summed E-state index contributed by atoms with van der Waals surface area (Å²) in [6.07, 6.45) is -0.819. The maximum Gasteiger partial charge on any atom is 0.265 e. The summed E-state index contributed by atoms with van der Waals surface area (Å²) < 4.78 is 11.3. The van der Waals surface area contributed by atoms with E-state index in [1.165, 1.54) is 0 Å². The number of anilines is 2. The van der Waals surface area contributed by atoms with E-state index in [-0.39, 0.29) is 18.4 Å². The fraction of sp³-hybridized carbons (Fsp3) is 0.200. The Morgan fingerprint density at radius 1 is 1.15 bits per heavy atom. The van der Waals surface area contributed by atoms with Crippen LogP contribution >= 0.6 is 23.2 Å². The molecule has 1 atom stereocenters. The first-order valence-electron chi connectivity index (χ1n) is 10.4. The van der Waals surface area contributed by atoms with Crippen LogP contribution in [0.2, 0.25) is 10.0 Å². The lowest BCUT2D eigenvalue weighted by atomic mass is 10.1. The third-order valence-corrected chi connectivity index (χ3v) is 5.86. The monoisotopic (exact) mass is 484 g/mol. The molecule has 1 heterocycles. The lowest BCUT2D eigenvalue weighted by molar-refractivity contribution is -0.122. The third kappa shape index (κ3) is 5.24. The first-order valence-corrected chi connectivity index (χ1v) is 11.1. The average Bonchev–Trinajstić information content (AvgIpc) is 2.79. The molecule has 0 saturated carbocycles. The van der Waals surface area contributed by atoms with Gasteiger partial charge >= 0.3 is 0 Å². The zero-order valence-corrected chi connectivity index (χ0v) is 19.6. The standard InChI is InChI=1S/C25H22Cl2N2O4/c1-15-5-3-4-6-17(15)13-29-21-12-19(8-10-23(21)32-14-24(29)30)28-25(31)16(2)33-22-9-7-18(26)11-20(22)27/h3-12,16H,13-14H2,1-2H3,(H,28,31). The fourth-order valence-corrected chi connectivity index (χ4v) is 3.92. The van der Waals surface area contributed by atoms with Crippen LogP contribution in [0, 0.1) is 6.92 Å². The maximum atomic E-state index is 12.7. The second-order valence-electron chi connectivity index (χ2n) is 7.70. The van der Waals surface area contributed by atoms with E-state index in [1.54, 1.807) is 48.2 Å². The number of benzene rings is 3. The lowest BCUT2D eigenvalue weighted by Gasteiger charge is -2.30. The van der Waals surface area contributed by atoms with Crippen molar-refractivity contribution in [2.45, 2.75) is 26.5 Å². The van der Waals surface area contributed by atoms with Crippen LogP contribution in [-0.2, 0) is 16.1 Å². The van der Waals surface area contributed by atoms with Crippen molar-refractivity contribution in [1.82, 2.24) is 0 Å². The number of nitrogens with zero attached hydrogens (tertiary/aromatic N) is 1. The molecule has 0 saturated heterocycles. The zero-order valence-electron chi connectivity index (χ0n) is 18.1. The van der Waals surface area contributed by atoms with E-state index >= 15 is 0 Å². The summed E-state index contributed by atoms with van der Waals surface area (Å²) >= 11 is 12.0. The zero-order chi connectivity index (χ0) is 23.5. The summed E-state index contributed by atoms with van der Waals surface area (Å²) in [4.78, 5) is 27.0. The number of nitrogens with one attached hydrogen (secondary N) is 1. The molecule has 0 aromatic heterocycles. The Morgan fingerprint density at radius 3 is 2.70 bits per heavy atom. The number of ether oxygens (including phenoxy) is 2. The molecule has 170 valence electrons. The molecule has 2 amide bonds. The van der Waals surface area contributed by atoms with Crippen molar-refractivity contribution in [3.8, 4) is 11.5 Å². The molecule has 1 aliphatic heterocycles. The van der Waals surface area contributed by atoms with Gasteiger partial charge in [-0.25, -0.2) is 0 Å². The largest absolute Gasteiger partial charge is 0.482 e. The molecule has 3 aromatic carbocycles. The van der Waals surface area contributed by atoms with Crippen molar-refractivity contribution >= 4 is 46.4 Å². The Kier molecular flexibility index (Phi) is 6.77. The number of hydrogen-bond acceptors (Lipinski definition) is 4. The van der Waals surface area contributed by atoms with Crippen molar-refractivity contribution in [3.05, 3.63) is 81.8 Å². The summed E-state index contributed by atoms with van der Waals surface area (Å²) in [6, 6.07) is 17.9. The summed E-state index contributed by atoms with van der Waals surface area (Å²) in [6.45, 7) is 4.01. The number of carbonyl (C=O) groups is 2. The summed E-state index contributed by atoms with van der Waals surface area (Å²) in [5.74, 6) is 0.425. The SMILES string of the molecule is Cc1ccccc1CN1C(=O)COc2ccc(NC(=O)C(C)Oc3ccc(Cl)cc3Cl)cc21. The fourth-order valence-electron chi connectivity index (χ4n) is 3.47. The predicted octanol–water partition coefficient (Wildman–Crippen LogP) is 5.63. The van der Waals surface area contributed by atoms with Crippen molar-refractivity contribution < 1.29 is 19.1 Å². The molecule has 0 aliphatic carbocycles. The van der Waals surface area contributed by atoms with E-state index < -0.39 is 6.10 Å². The number of rotatable bonds is 6. The maximum absolute atomic E-state index is 12.7. The van der Waals surface area contributed by atoms with Crippen molar-refractivity contribution in [2.24, 2.45) is 0 Å². The molecule has 3 aromatic rings. The number of aryl methyl sites for hydroxylation is 1. The van der Waals surface area contributed by atoms with E-state index in [9.17, 15) is 9.59 Å². The van der Waals surface area contributed by atoms with Gasteiger partial charge in [-0.05, 0) is 61.4 Å². The van der Waals surface area contributed by atoms with E-state index in [0.29, 0.717) is 39.5 Å². The van der Waals surface area contributed by atoms with E-state index in [1.807, 2.05) is 31.2 Å². The third-order valence-electron chi connectivity index (χ3n) is 5.33. The van der Waals surface area contributed by atoms with Crippen LogP contribution in [0.5, 0.6) is 11.5 Å². The molecule has 6 nitrogen and oxygen atoms in total. The molecule has 33 heavy (non-hydrogen) atoms. The summed E-state index contributed by atoms with van der Waals surface area (Å²) in [7, 11) is 0. The van der Waals surface area contributed by atoms with Gasteiger partial charge in [-0.3, -0.25) is 9.59 Å².